The van der Waals surface area contributed by atoms with E-state index in [1.807, 2.05) is 49.3 Å². The average Bonchev–Trinajstić information content (AvgIpc) is 3.12. The van der Waals surface area contributed by atoms with Gasteiger partial charge in [0, 0.05) is 29.2 Å². The molecule has 3 aromatic carbocycles. The zero-order chi connectivity index (χ0) is 26.1. The van der Waals surface area contributed by atoms with Crippen molar-refractivity contribution in [2.45, 2.75) is 12.1 Å². The number of halogens is 3. The number of hydrogen-bond donors (Lipinski definition) is 3. The molecule has 3 N–H and O–H groups in total. The third-order valence-corrected chi connectivity index (χ3v) is 6.47. The molecule has 188 valence electrons. The third kappa shape index (κ3) is 5.37. The number of fused-ring (bicyclic) bond motifs is 1. The molecule has 7 nitrogen and oxygen atoms in total. The smallest absolute Gasteiger partial charge is 0.354 e. The van der Waals surface area contributed by atoms with Crippen LogP contribution >= 0.6 is 0 Å². The number of anilines is 3. The summed E-state index contributed by atoms with van der Waals surface area (Å²) in [6, 6.07) is 20.3. The van der Waals surface area contributed by atoms with Crippen molar-refractivity contribution in [3.8, 4) is 0 Å². The molecule has 0 saturated carbocycles. The number of sulfonamides is 1. The van der Waals surface area contributed by atoms with Gasteiger partial charge >= 0.3 is 15.5 Å². The first-order valence-corrected chi connectivity index (χ1v) is 12.3. The fraction of sp³-hybridized carbons (Fsp3) is 0.160. The van der Waals surface area contributed by atoms with Gasteiger partial charge in [0.05, 0.1) is 11.3 Å². The zero-order valence-electron chi connectivity index (χ0n) is 19.3. The van der Waals surface area contributed by atoms with Crippen LogP contribution in [0.3, 0.4) is 0 Å². The first kappa shape index (κ1) is 25.3. The summed E-state index contributed by atoms with van der Waals surface area (Å²) in [6.45, 7) is 0.749. The van der Waals surface area contributed by atoms with Crippen LogP contribution in [0.5, 0.6) is 0 Å². The highest BCUT2D eigenvalue weighted by molar-refractivity contribution is 7.93. The van der Waals surface area contributed by atoms with Crippen molar-refractivity contribution in [3.05, 3.63) is 89.5 Å². The van der Waals surface area contributed by atoms with Crippen LogP contribution < -0.4 is 15.4 Å². The van der Waals surface area contributed by atoms with Crippen molar-refractivity contribution in [2.24, 2.45) is 0 Å². The maximum atomic E-state index is 13.0. The van der Waals surface area contributed by atoms with E-state index in [4.69, 9.17) is 0 Å². The molecule has 4 rings (SSSR count). The van der Waals surface area contributed by atoms with Crippen LogP contribution in [-0.4, -0.2) is 38.8 Å². The lowest BCUT2D eigenvalue weighted by atomic mass is 9.99. The van der Waals surface area contributed by atoms with Crippen molar-refractivity contribution in [1.29, 1.82) is 0 Å². The summed E-state index contributed by atoms with van der Waals surface area (Å²) in [7, 11) is -1.70. The normalized spacial score (nSPS) is 14.9. The van der Waals surface area contributed by atoms with E-state index < -0.39 is 21.4 Å². The lowest BCUT2D eigenvalue weighted by Gasteiger charge is -2.16. The molecule has 0 fully saturated rings. The van der Waals surface area contributed by atoms with E-state index in [1.54, 1.807) is 24.3 Å². The molecule has 1 amide bonds. The second kappa shape index (κ2) is 9.67. The monoisotopic (exact) mass is 516 g/mol. The molecule has 36 heavy (non-hydrogen) atoms. The lowest BCUT2D eigenvalue weighted by Crippen LogP contribution is -2.29. The number of alkyl halides is 3. The number of rotatable bonds is 7. The van der Waals surface area contributed by atoms with Gasteiger partial charge < -0.3 is 15.5 Å². The minimum Gasteiger partial charge on any atom is -0.354 e. The van der Waals surface area contributed by atoms with Crippen LogP contribution in [0.2, 0.25) is 0 Å². The van der Waals surface area contributed by atoms with Gasteiger partial charge in [-0.15, -0.1) is 0 Å². The summed E-state index contributed by atoms with van der Waals surface area (Å²) in [6.07, 6.45) is 0. The highest BCUT2D eigenvalue weighted by Gasteiger charge is 2.46. The van der Waals surface area contributed by atoms with Crippen LogP contribution in [0.1, 0.15) is 16.7 Å². The predicted molar refractivity (Wildman–Crippen MR) is 134 cm³/mol. The van der Waals surface area contributed by atoms with Crippen molar-refractivity contribution in [3.63, 3.8) is 0 Å². The summed E-state index contributed by atoms with van der Waals surface area (Å²) in [5.41, 5.74) is -2.16. The fourth-order valence-electron chi connectivity index (χ4n) is 3.78. The maximum Gasteiger partial charge on any atom is 0.516 e. The Hall–Kier alpha value is -3.83. The third-order valence-electron chi connectivity index (χ3n) is 5.36. The summed E-state index contributed by atoms with van der Waals surface area (Å²) in [5.74, 6) is -0.476. The summed E-state index contributed by atoms with van der Waals surface area (Å²) in [5, 5.41) is 5.96. The average molecular weight is 517 g/mol. The Labute approximate surface area is 206 Å². The van der Waals surface area contributed by atoms with E-state index in [0.29, 0.717) is 22.6 Å². The minimum atomic E-state index is -5.62. The molecule has 1 aliphatic rings. The van der Waals surface area contributed by atoms with E-state index in [0.717, 1.165) is 18.2 Å². The number of carbonyl (C=O) groups excluding carboxylic acids is 1. The van der Waals surface area contributed by atoms with Gasteiger partial charge in [0.15, 0.2) is 0 Å². The second-order valence-corrected chi connectivity index (χ2v) is 10.1. The second-order valence-electron chi connectivity index (χ2n) is 8.44. The Kier molecular flexibility index (Phi) is 6.79. The molecule has 0 aromatic heterocycles. The number of carbonyl (C=O) groups is 1. The molecule has 0 bridgehead atoms. The van der Waals surface area contributed by atoms with Crippen molar-refractivity contribution in [2.75, 3.05) is 29.5 Å². The van der Waals surface area contributed by atoms with Crippen molar-refractivity contribution >= 4 is 44.3 Å². The van der Waals surface area contributed by atoms with Gasteiger partial charge in [0.25, 0.3) is 5.91 Å². The summed E-state index contributed by atoms with van der Waals surface area (Å²) < 4.78 is 63.4. The van der Waals surface area contributed by atoms with Crippen LogP contribution in [0, 0.1) is 0 Å². The molecular formula is C25H23F3N4O3S. The quantitative estimate of drug-likeness (QED) is 0.387. The van der Waals surface area contributed by atoms with Crippen LogP contribution in [0.25, 0.3) is 11.3 Å². The van der Waals surface area contributed by atoms with Gasteiger partial charge in [-0.05, 0) is 55.6 Å². The Balaban J connectivity index is 1.79. The molecule has 0 spiro atoms. The predicted octanol–water partition coefficient (Wildman–Crippen LogP) is 4.94. The molecule has 3 aromatic rings. The molecule has 0 unspecified atom stereocenters. The Bertz CT molecular complexity index is 1420. The molecule has 0 saturated heterocycles. The summed E-state index contributed by atoms with van der Waals surface area (Å²) in [4.78, 5) is 15.1. The van der Waals surface area contributed by atoms with E-state index in [-0.39, 0.29) is 16.8 Å². The van der Waals surface area contributed by atoms with E-state index in [1.165, 1.54) is 16.9 Å². The molecule has 1 aliphatic heterocycles. The number of hydrogen-bond acceptors (Lipinski definition) is 5. The van der Waals surface area contributed by atoms with E-state index >= 15 is 0 Å². The van der Waals surface area contributed by atoms with Crippen LogP contribution in [0.4, 0.5) is 30.2 Å². The van der Waals surface area contributed by atoms with Gasteiger partial charge in [0.2, 0.25) is 0 Å². The molecule has 0 radical (unpaired) electrons. The van der Waals surface area contributed by atoms with Gasteiger partial charge in [-0.25, -0.2) is 0 Å². The maximum absolute atomic E-state index is 13.0. The number of nitrogens with zero attached hydrogens (tertiary/aromatic N) is 1. The largest absolute Gasteiger partial charge is 0.516 e. The van der Waals surface area contributed by atoms with Crippen LogP contribution in [0.15, 0.2) is 72.8 Å². The van der Waals surface area contributed by atoms with Crippen molar-refractivity contribution < 1.29 is 26.4 Å². The standard InChI is InChI=1S/C25H23F3N4O3S/c1-32(2)15-16-8-10-18(11-9-16)29-23(17-6-4-3-5-7-17)22-20-14-19(12-13-21(20)30-24(22)33)31-36(34,35)25(26,27)28/h3-14,29,31H,15H2,1-2H3,(H,30,33)/b23-22-. The number of benzene rings is 3. The summed E-state index contributed by atoms with van der Waals surface area (Å²) >= 11 is 0. The highest BCUT2D eigenvalue weighted by atomic mass is 32.2. The van der Waals surface area contributed by atoms with Crippen molar-refractivity contribution in [1.82, 2.24) is 4.90 Å². The topological polar surface area (TPSA) is 90.5 Å². The van der Waals surface area contributed by atoms with Gasteiger partial charge in [-0.3, -0.25) is 9.52 Å². The van der Waals surface area contributed by atoms with Gasteiger partial charge in [0.1, 0.15) is 0 Å². The molecule has 0 aliphatic carbocycles. The Morgan fingerprint density at radius 1 is 0.944 bits per heavy atom. The first-order chi connectivity index (χ1) is 16.9. The minimum absolute atomic E-state index is 0.168. The molecule has 11 heteroatoms. The highest BCUT2D eigenvalue weighted by Crippen LogP contribution is 2.39. The Morgan fingerprint density at radius 3 is 2.19 bits per heavy atom. The Morgan fingerprint density at radius 2 is 1.58 bits per heavy atom. The van der Waals surface area contributed by atoms with Gasteiger partial charge in [-0.2, -0.15) is 21.6 Å². The van der Waals surface area contributed by atoms with Crippen LogP contribution in [-0.2, 0) is 21.4 Å². The molecule has 0 atom stereocenters. The molecular weight excluding hydrogens is 493 g/mol. The SMILES string of the molecule is CN(C)Cc1ccc(N/C(=C2\C(=O)Nc3ccc(NS(=O)(=O)C(F)(F)F)cc32)c2ccccc2)cc1. The fourth-order valence-corrected chi connectivity index (χ4v) is 4.33. The number of nitrogens with one attached hydrogen (secondary N) is 3. The molecule has 1 heterocycles. The van der Waals surface area contributed by atoms with E-state index in [9.17, 15) is 26.4 Å². The first-order valence-electron chi connectivity index (χ1n) is 10.8. The lowest BCUT2D eigenvalue weighted by molar-refractivity contribution is -0.110. The van der Waals surface area contributed by atoms with Gasteiger partial charge in [-0.1, -0.05) is 42.5 Å². The number of amides is 1. The zero-order valence-corrected chi connectivity index (χ0v) is 20.2. The van der Waals surface area contributed by atoms with E-state index in [2.05, 4.69) is 10.6 Å².